The van der Waals surface area contributed by atoms with Crippen LogP contribution in [0, 0.1) is 0 Å². The number of hydrazine groups is 1. The lowest BCUT2D eigenvalue weighted by molar-refractivity contribution is -0.117. The molecule has 0 aliphatic carbocycles. The Kier molecular flexibility index (Phi) is 5.13. The number of benzene rings is 2. The Morgan fingerprint density at radius 3 is 2.58 bits per heavy atom. The van der Waals surface area contributed by atoms with Gasteiger partial charge in [0.15, 0.2) is 11.5 Å². The fourth-order valence-electron chi connectivity index (χ4n) is 2.36. The second-order valence-electron chi connectivity index (χ2n) is 5.29. The summed E-state index contributed by atoms with van der Waals surface area (Å²) in [4.78, 5) is 24.9. The minimum Gasteiger partial charge on any atom is -0.503 e. The van der Waals surface area contributed by atoms with Gasteiger partial charge in [0, 0.05) is 0 Å². The lowest BCUT2D eigenvalue weighted by Gasteiger charge is -2.15. The van der Waals surface area contributed by atoms with Crippen LogP contribution in [-0.2, 0) is 9.59 Å². The number of amides is 2. The molecule has 1 heterocycles. The summed E-state index contributed by atoms with van der Waals surface area (Å²) in [6, 6.07) is 7.64. The minimum absolute atomic E-state index is 0.0734. The van der Waals surface area contributed by atoms with E-state index in [9.17, 15) is 14.7 Å². The molecule has 2 aromatic rings. The van der Waals surface area contributed by atoms with Gasteiger partial charge in [0.25, 0.3) is 11.8 Å². The Balaban J connectivity index is 1.98. The van der Waals surface area contributed by atoms with E-state index in [0.29, 0.717) is 20.7 Å². The molecular formula is C17H11BrCl2N2O4. The lowest BCUT2D eigenvalue weighted by atomic mass is 10.1. The number of hydrogen-bond acceptors (Lipinski definition) is 4. The number of rotatable bonds is 3. The molecule has 0 saturated carbocycles. The van der Waals surface area contributed by atoms with E-state index in [1.165, 1.54) is 31.4 Å². The Bertz CT molecular complexity index is 962. The van der Waals surface area contributed by atoms with Crippen molar-refractivity contribution in [2.24, 2.45) is 0 Å². The first kappa shape index (κ1) is 18.6. The highest BCUT2D eigenvalue weighted by molar-refractivity contribution is 9.10. The predicted molar refractivity (Wildman–Crippen MR) is 102 cm³/mol. The zero-order valence-electron chi connectivity index (χ0n) is 13.2. The zero-order valence-corrected chi connectivity index (χ0v) is 16.3. The first-order chi connectivity index (χ1) is 12.3. The number of carbonyl (C=O) groups is 2. The summed E-state index contributed by atoms with van der Waals surface area (Å²) in [6.07, 6.45) is 1.40. The molecule has 1 saturated heterocycles. The molecule has 1 aliphatic rings. The number of phenols is 1. The van der Waals surface area contributed by atoms with Gasteiger partial charge in [-0.05, 0) is 57.9 Å². The first-order valence-corrected chi connectivity index (χ1v) is 8.75. The predicted octanol–water partition coefficient (Wildman–Crippen LogP) is 3.93. The van der Waals surface area contributed by atoms with Gasteiger partial charge in [-0.25, -0.2) is 5.01 Å². The van der Waals surface area contributed by atoms with Gasteiger partial charge in [0.1, 0.15) is 5.57 Å². The molecule has 9 heteroatoms. The standard InChI is InChI=1S/C17H11BrCl2N2O4/c1-26-14-6-8(5-11(18)15(14)23)4-10-16(24)21-22(17(10)25)9-2-3-12(19)13(20)7-9/h2-7,23H,1H3,(H,21,24). The summed E-state index contributed by atoms with van der Waals surface area (Å²) in [5.74, 6) is -0.978. The van der Waals surface area contributed by atoms with E-state index < -0.39 is 11.8 Å². The molecule has 26 heavy (non-hydrogen) atoms. The van der Waals surface area contributed by atoms with Crippen molar-refractivity contribution in [2.75, 3.05) is 12.1 Å². The lowest BCUT2D eigenvalue weighted by Crippen LogP contribution is -2.35. The molecule has 1 aliphatic heterocycles. The van der Waals surface area contributed by atoms with E-state index in [4.69, 9.17) is 27.9 Å². The monoisotopic (exact) mass is 456 g/mol. The summed E-state index contributed by atoms with van der Waals surface area (Å²) in [5.41, 5.74) is 3.28. The third kappa shape index (κ3) is 3.38. The molecule has 1 fully saturated rings. The number of anilines is 1. The van der Waals surface area contributed by atoms with Crippen LogP contribution in [0.2, 0.25) is 10.0 Å². The van der Waals surface area contributed by atoms with Crippen molar-refractivity contribution in [3.05, 3.63) is 56.0 Å². The molecule has 2 aromatic carbocycles. The van der Waals surface area contributed by atoms with Crippen LogP contribution in [0.3, 0.4) is 0 Å². The van der Waals surface area contributed by atoms with Crippen LogP contribution in [0.4, 0.5) is 5.69 Å². The van der Waals surface area contributed by atoms with Gasteiger partial charge >= 0.3 is 0 Å². The number of nitrogens with zero attached hydrogens (tertiary/aromatic N) is 1. The number of phenolic OH excluding ortho intramolecular Hbond substituents is 1. The van der Waals surface area contributed by atoms with Crippen molar-refractivity contribution in [1.82, 2.24) is 5.43 Å². The Morgan fingerprint density at radius 2 is 1.92 bits per heavy atom. The number of aromatic hydroxyl groups is 1. The fraction of sp³-hybridized carbons (Fsp3) is 0.0588. The summed E-state index contributed by atoms with van der Waals surface area (Å²) in [6.45, 7) is 0. The fourth-order valence-corrected chi connectivity index (χ4v) is 3.11. The van der Waals surface area contributed by atoms with E-state index in [2.05, 4.69) is 21.4 Å². The van der Waals surface area contributed by atoms with Gasteiger partial charge in [-0.2, -0.15) is 0 Å². The summed E-state index contributed by atoms with van der Waals surface area (Å²) in [5, 5.41) is 11.5. The van der Waals surface area contributed by atoms with Crippen molar-refractivity contribution in [3.8, 4) is 11.5 Å². The maximum atomic E-state index is 12.6. The minimum atomic E-state index is -0.566. The number of methoxy groups -OCH3 is 1. The number of nitrogens with one attached hydrogen (secondary N) is 1. The molecule has 0 bridgehead atoms. The number of hydrogen-bond donors (Lipinski definition) is 2. The zero-order chi connectivity index (χ0) is 19.0. The molecule has 2 amide bonds. The van der Waals surface area contributed by atoms with Crippen LogP contribution < -0.4 is 15.2 Å². The number of carbonyl (C=O) groups excluding carboxylic acids is 2. The van der Waals surface area contributed by atoms with Crippen LogP contribution >= 0.6 is 39.1 Å². The van der Waals surface area contributed by atoms with Gasteiger partial charge in [0.05, 0.1) is 27.3 Å². The van der Waals surface area contributed by atoms with Crippen molar-refractivity contribution < 1.29 is 19.4 Å². The molecule has 134 valence electrons. The largest absolute Gasteiger partial charge is 0.503 e. The van der Waals surface area contributed by atoms with Crippen LogP contribution in [0.1, 0.15) is 5.56 Å². The Hall–Kier alpha value is -2.22. The molecular weight excluding hydrogens is 447 g/mol. The van der Waals surface area contributed by atoms with Gasteiger partial charge < -0.3 is 9.84 Å². The highest BCUT2D eigenvalue weighted by atomic mass is 79.9. The molecule has 0 unspecified atom stereocenters. The first-order valence-electron chi connectivity index (χ1n) is 7.20. The van der Waals surface area contributed by atoms with E-state index in [1.54, 1.807) is 12.1 Å². The third-order valence-electron chi connectivity index (χ3n) is 3.63. The Labute approximate surface area is 167 Å². The quantitative estimate of drug-likeness (QED) is 0.540. The number of halogens is 3. The molecule has 6 nitrogen and oxygen atoms in total. The van der Waals surface area contributed by atoms with Crippen LogP contribution in [0.5, 0.6) is 11.5 Å². The van der Waals surface area contributed by atoms with Crippen molar-refractivity contribution >= 4 is 62.7 Å². The second-order valence-corrected chi connectivity index (χ2v) is 6.96. The van der Waals surface area contributed by atoms with Crippen LogP contribution in [0.25, 0.3) is 6.08 Å². The topological polar surface area (TPSA) is 78.9 Å². The molecule has 3 rings (SSSR count). The van der Waals surface area contributed by atoms with Crippen molar-refractivity contribution in [2.45, 2.75) is 0 Å². The van der Waals surface area contributed by atoms with E-state index >= 15 is 0 Å². The van der Waals surface area contributed by atoms with E-state index in [-0.39, 0.29) is 22.1 Å². The van der Waals surface area contributed by atoms with Crippen molar-refractivity contribution in [3.63, 3.8) is 0 Å². The molecule has 0 atom stereocenters. The molecule has 0 spiro atoms. The average Bonchev–Trinajstić information content (AvgIpc) is 2.88. The normalized spacial score (nSPS) is 15.5. The SMILES string of the molecule is COc1cc(C=C2C(=O)NN(c3ccc(Cl)c(Cl)c3)C2=O)cc(Br)c1O. The third-order valence-corrected chi connectivity index (χ3v) is 4.98. The molecule has 0 radical (unpaired) electrons. The van der Waals surface area contributed by atoms with E-state index in [0.717, 1.165) is 5.01 Å². The van der Waals surface area contributed by atoms with Gasteiger partial charge in [-0.3, -0.25) is 15.0 Å². The van der Waals surface area contributed by atoms with Crippen LogP contribution in [0.15, 0.2) is 40.4 Å². The van der Waals surface area contributed by atoms with Gasteiger partial charge in [-0.1, -0.05) is 23.2 Å². The van der Waals surface area contributed by atoms with Crippen LogP contribution in [-0.4, -0.2) is 24.0 Å². The molecule has 2 N–H and O–H groups in total. The van der Waals surface area contributed by atoms with Gasteiger partial charge in [0.2, 0.25) is 0 Å². The van der Waals surface area contributed by atoms with Gasteiger partial charge in [-0.15, -0.1) is 0 Å². The van der Waals surface area contributed by atoms with E-state index in [1.807, 2.05) is 0 Å². The smallest absolute Gasteiger partial charge is 0.282 e. The van der Waals surface area contributed by atoms with Crippen molar-refractivity contribution in [1.29, 1.82) is 0 Å². The highest BCUT2D eigenvalue weighted by Gasteiger charge is 2.34. The Morgan fingerprint density at radius 1 is 1.19 bits per heavy atom. The maximum Gasteiger partial charge on any atom is 0.282 e. The number of ether oxygens (including phenoxy) is 1. The second kappa shape index (κ2) is 7.19. The summed E-state index contributed by atoms with van der Waals surface area (Å²) >= 11 is 15.0. The molecule has 0 aromatic heterocycles. The highest BCUT2D eigenvalue weighted by Crippen LogP contribution is 2.36. The maximum absolute atomic E-state index is 12.6. The average molecular weight is 458 g/mol. The summed E-state index contributed by atoms with van der Waals surface area (Å²) in [7, 11) is 1.40. The summed E-state index contributed by atoms with van der Waals surface area (Å²) < 4.78 is 5.44.